The first-order chi connectivity index (χ1) is 15.3. The molecule has 0 unspecified atom stereocenters. The number of ether oxygens (including phenoxy) is 1. The van der Waals surface area contributed by atoms with Gasteiger partial charge in [-0.05, 0) is 45.0 Å². The standard InChI is InChI=1S/C20H23F3N6O4/c1-19(2,3)33-18(32)29(4)11-14(30)27-28-17(31)15-16(25-10-9-24-15)26-13-7-5-12(6-8-13)20(21,22)23/h5-10H,11H2,1-4H3,(H,25,26)(H,27,30)(H,28,31). The highest BCUT2D eigenvalue weighted by Crippen LogP contribution is 2.30. The molecule has 0 bridgehead atoms. The molecule has 3 N–H and O–H groups in total. The monoisotopic (exact) mass is 468 g/mol. The molecule has 0 saturated heterocycles. The number of hydrogen-bond acceptors (Lipinski definition) is 7. The van der Waals surface area contributed by atoms with Gasteiger partial charge in [0.05, 0.1) is 5.56 Å². The van der Waals surface area contributed by atoms with E-state index in [-0.39, 0.29) is 17.2 Å². The number of carbonyl (C=O) groups is 3. The molecule has 0 aliphatic heterocycles. The predicted octanol–water partition coefficient (Wildman–Crippen LogP) is 2.87. The molecule has 0 spiro atoms. The number of benzene rings is 1. The molecule has 0 saturated carbocycles. The number of nitrogens with one attached hydrogen (secondary N) is 3. The fourth-order valence-corrected chi connectivity index (χ4v) is 2.32. The summed E-state index contributed by atoms with van der Waals surface area (Å²) >= 11 is 0. The second-order valence-electron chi connectivity index (χ2n) is 7.79. The second-order valence-corrected chi connectivity index (χ2v) is 7.79. The maximum Gasteiger partial charge on any atom is 0.416 e. The highest BCUT2D eigenvalue weighted by atomic mass is 19.4. The Labute approximate surface area is 187 Å². The lowest BCUT2D eigenvalue weighted by Crippen LogP contribution is -2.47. The van der Waals surface area contributed by atoms with Crippen LogP contribution in [0.4, 0.5) is 29.5 Å². The summed E-state index contributed by atoms with van der Waals surface area (Å²) in [6.45, 7) is 4.63. The van der Waals surface area contributed by atoms with Crippen LogP contribution in [-0.2, 0) is 15.7 Å². The molecule has 3 amide bonds. The summed E-state index contributed by atoms with van der Waals surface area (Å²) in [5, 5.41) is 2.70. The Hall–Kier alpha value is -3.90. The number of alkyl halides is 3. The highest BCUT2D eigenvalue weighted by Gasteiger charge is 2.30. The number of hydrazine groups is 1. The highest BCUT2D eigenvalue weighted by molar-refractivity contribution is 5.98. The van der Waals surface area contributed by atoms with E-state index in [0.29, 0.717) is 0 Å². The first-order valence-corrected chi connectivity index (χ1v) is 9.55. The second kappa shape index (κ2) is 10.1. The van der Waals surface area contributed by atoms with Gasteiger partial charge >= 0.3 is 12.3 Å². The summed E-state index contributed by atoms with van der Waals surface area (Å²) in [6.07, 6.45) is -2.70. The molecule has 2 rings (SSSR count). The predicted molar refractivity (Wildman–Crippen MR) is 111 cm³/mol. The molecule has 1 heterocycles. The van der Waals surface area contributed by atoms with Crippen molar-refractivity contribution in [2.75, 3.05) is 18.9 Å². The number of hydrogen-bond donors (Lipinski definition) is 3. The van der Waals surface area contributed by atoms with Crippen molar-refractivity contribution in [2.24, 2.45) is 0 Å². The molecular formula is C20H23F3N6O4. The van der Waals surface area contributed by atoms with Crippen LogP contribution in [-0.4, -0.2) is 52.0 Å². The molecule has 0 aliphatic carbocycles. The van der Waals surface area contributed by atoms with E-state index in [1.807, 2.05) is 0 Å². The van der Waals surface area contributed by atoms with Gasteiger partial charge in [0.1, 0.15) is 12.1 Å². The van der Waals surface area contributed by atoms with E-state index in [0.717, 1.165) is 17.0 Å². The fraction of sp³-hybridized carbons (Fsp3) is 0.350. The van der Waals surface area contributed by atoms with Crippen LogP contribution in [0.3, 0.4) is 0 Å². The molecule has 10 nitrogen and oxygen atoms in total. The minimum absolute atomic E-state index is 0.0464. The van der Waals surface area contributed by atoms with Crippen molar-refractivity contribution < 1.29 is 32.3 Å². The molecule has 33 heavy (non-hydrogen) atoms. The molecule has 178 valence electrons. The Bertz CT molecular complexity index is 1010. The lowest BCUT2D eigenvalue weighted by Gasteiger charge is -2.24. The van der Waals surface area contributed by atoms with Crippen molar-refractivity contribution in [1.82, 2.24) is 25.7 Å². The van der Waals surface area contributed by atoms with Gasteiger partial charge in [0, 0.05) is 25.1 Å². The number of nitrogens with zero attached hydrogens (tertiary/aromatic N) is 3. The zero-order chi connectivity index (χ0) is 24.8. The van der Waals surface area contributed by atoms with Gasteiger partial charge in [-0.3, -0.25) is 20.4 Å². The minimum atomic E-state index is -4.48. The van der Waals surface area contributed by atoms with E-state index >= 15 is 0 Å². The van der Waals surface area contributed by atoms with Gasteiger partial charge in [-0.2, -0.15) is 13.2 Å². The third-order valence-corrected chi connectivity index (χ3v) is 3.79. The summed E-state index contributed by atoms with van der Waals surface area (Å²) in [4.78, 5) is 45.2. The number of amides is 3. The SMILES string of the molecule is CN(CC(=O)NNC(=O)c1nccnc1Nc1ccc(C(F)(F)F)cc1)C(=O)OC(C)(C)C. The number of carbonyl (C=O) groups excluding carboxylic acids is 3. The molecule has 0 aliphatic rings. The zero-order valence-corrected chi connectivity index (χ0v) is 18.3. The maximum absolute atomic E-state index is 12.7. The van der Waals surface area contributed by atoms with Crippen molar-refractivity contribution in [3.63, 3.8) is 0 Å². The van der Waals surface area contributed by atoms with Crippen molar-refractivity contribution in [2.45, 2.75) is 32.5 Å². The normalized spacial score (nSPS) is 11.4. The fourth-order valence-electron chi connectivity index (χ4n) is 2.32. The van der Waals surface area contributed by atoms with E-state index in [1.54, 1.807) is 20.8 Å². The molecule has 13 heteroatoms. The van der Waals surface area contributed by atoms with Crippen molar-refractivity contribution in [1.29, 1.82) is 0 Å². The Morgan fingerprint density at radius 1 is 1.00 bits per heavy atom. The van der Waals surface area contributed by atoms with Gasteiger partial charge in [0.15, 0.2) is 11.5 Å². The van der Waals surface area contributed by atoms with Crippen LogP contribution in [0.25, 0.3) is 0 Å². The van der Waals surface area contributed by atoms with Crippen LogP contribution in [0.2, 0.25) is 0 Å². The average Bonchev–Trinajstić information content (AvgIpc) is 2.71. The van der Waals surface area contributed by atoms with Crippen molar-refractivity contribution in [3.8, 4) is 0 Å². The smallest absolute Gasteiger partial charge is 0.416 e. The van der Waals surface area contributed by atoms with Crippen LogP contribution in [0.5, 0.6) is 0 Å². The summed E-state index contributed by atoms with van der Waals surface area (Å²) in [7, 11) is 1.35. The molecular weight excluding hydrogens is 445 g/mol. The zero-order valence-electron chi connectivity index (χ0n) is 18.3. The van der Waals surface area contributed by atoms with Gasteiger partial charge in [-0.25, -0.2) is 14.8 Å². The summed E-state index contributed by atoms with van der Waals surface area (Å²) in [6, 6.07) is 4.10. The molecule has 1 aromatic heterocycles. The molecule has 0 fully saturated rings. The van der Waals surface area contributed by atoms with Gasteiger partial charge in [0.25, 0.3) is 11.8 Å². The summed E-state index contributed by atoms with van der Waals surface area (Å²) in [5.41, 5.74) is 2.72. The van der Waals surface area contributed by atoms with Crippen LogP contribution in [0.15, 0.2) is 36.7 Å². The largest absolute Gasteiger partial charge is 0.444 e. The van der Waals surface area contributed by atoms with Crippen molar-refractivity contribution in [3.05, 3.63) is 47.9 Å². The van der Waals surface area contributed by atoms with Gasteiger partial charge in [-0.1, -0.05) is 0 Å². The number of rotatable bonds is 5. The molecule has 2 aromatic rings. The lowest BCUT2D eigenvalue weighted by molar-refractivity contribution is -0.137. The van der Waals surface area contributed by atoms with E-state index in [4.69, 9.17) is 4.74 Å². The Morgan fingerprint density at radius 2 is 1.61 bits per heavy atom. The Morgan fingerprint density at radius 3 is 2.18 bits per heavy atom. The lowest BCUT2D eigenvalue weighted by atomic mass is 10.2. The van der Waals surface area contributed by atoms with Crippen LogP contribution in [0.1, 0.15) is 36.8 Å². The van der Waals surface area contributed by atoms with Gasteiger partial charge in [-0.15, -0.1) is 0 Å². The quantitative estimate of drug-likeness (QED) is 0.576. The van der Waals surface area contributed by atoms with Crippen LogP contribution in [0, 0.1) is 0 Å². The van der Waals surface area contributed by atoms with E-state index < -0.39 is 41.8 Å². The first-order valence-electron chi connectivity index (χ1n) is 9.55. The van der Waals surface area contributed by atoms with Gasteiger partial charge in [0.2, 0.25) is 0 Å². The Balaban J connectivity index is 1.98. The third-order valence-electron chi connectivity index (χ3n) is 3.79. The van der Waals surface area contributed by atoms with Crippen LogP contribution < -0.4 is 16.2 Å². The summed E-state index contributed by atoms with van der Waals surface area (Å²) < 4.78 is 43.2. The summed E-state index contributed by atoms with van der Waals surface area (Å²) in [5.74, 6) is -1.60. The number of halogens is 3. The van der Waals surface area contributed by atoms with Crippen LogP contribution >= 0.6 is 0 Å². The third kappa shape index (κ3) is 7.94. The molecule has 1 aromatic carbocycles. The Kier molecular flexibility index (Phi) is 7.80. The topological polar surface area (TPSA) is 126 Å². The maximum atomic E-state index is 12.7. The molecule has 0 radical (unpaired) electrons. The first kappa shape index (κ1) is 25.4. The van der Waals surface area contributed by atoms with E-state index in [2.05, 4.69) is 26.1 Å². The number of aromatic nitrogens is 2. The van der Waals surface area contributed by atoms with Gasteiger partial charge < -0.3 is 15.0 Å². The van der Waals surface area contributed by atoms with E-state index in [1.165, 1.54) is 31.6 Å². The average molecular weight is 468 g/mol. The minimum Gasteiger partial charge on any atom is -0.444 e. The number of anilines is 2. The van der Waals surface area contributed by atoms with Crippen molar-refractivity contribution >= 4 is 29.4 Å². The molecule has 0 atom stereocenters. The number of likely N-dealkylation sites (N-methyl/N-ethyl adjacent to an activating group) is 1. The van der Waals surface area contributed by atoms with E-state index in [9.17, 15) is 27.6 Å².